The van der Waals surface area contributed by atoms with Crippen LogP contribution in [0.15, 0.2) is 61.5 Å². The van der Waals surface area contributed by atoms with Crippen LogP contribution in [0.1, 0.15) is 62.3 Å². The van der Waals surface area contributed by atoms with Crippen molar-refractivity contribution in [3.8, 4) is 0 Å². The molecule has 0 saturated carbocycles. The topological polar surface area (TPSA) is 0 Å². The van der Waals surface area contributed by atoms with Gasteiger partial charge in [-0.25, -0.2) is 0 Å². The molecule has 3 aliphatic carbocycles. The van der Waals surface area contributed by atoms with E-state index in [9.17, 15) is 0 Å². The Morgan fingerprint density at radius 2 is 1.14 bits per heavy atom. The number of rotatable bonds is 3. The first-order valence-corrected chi connectivity index (χ1v) is 20.8. The number of allylic oxidation sites excluding steroid dienone is 12. The largest absolute Gasteiger partial charge is 0.147 e. The molecule has 0 N–H and O–H groups in total. The predicted octanol–water partition coefficient (Wildman–Crippen LogP) is 8.42. The van der Waals surface area contributed by atoms with Crippen molar-refractivity contribution in [2.24, 2.45) is 17.8 Å². The molecule has 0 nitrogen and oxygen atoms in total. The molecule has 3 atom stereocenters. The van der Waals surface area contributed by atoms with E-state index >= 15 is 0 Å². The van der Waals surface area contributed by atoms with Gasteiger partial charge >= 0.3 is 179 Å². The molecule has 0 saturated heterocycles. The van der Waals surface area contributed by atoms with Crippen LogP contribution in [0.3, 0.4) is 0 Å². The first-order chi connectivity index (χ1) is 13.0. The van der Waals surface area contributed by atoms with E-state index in [1.54, 1.807) is 22.3 Å². The predicted molar refractivity (Wildman–Crippen MR) is 132 cm³/mol. The van der Waals surface area contributed by atoms with E-state index < -0.39 is 24.3 Å². The summed E-state index contributed by atoms with van der Waals surface area (Å²) in [5.41, 5.74) is 9.04. The molecular weight excluding hydrogens is 467 g/mol. The third kappa shape index (κ3) is 3.60. The van der Waals surface area contributed by atoms with Crippen molar-refractivity contribution >= 4 is 17.8 Å². The van der Waals surface area contributed by atoms with E-state index in [1.807, 2.05) is 9.84 Å². The molecular formula is C26H40ClSiZr. The SMILES string of the molecule is CC1=CC(C)[C]([Zr]([C]2=C(C)C(C)=CC2C)([C]2=C(C)C=C(C)C2C)=[Si](C)C)=C1C.Cl. The summed E-state index contributed by atoms with van der Waals surface area (Å²) in [7, 11) is 0. The molecule has 0 aliphatic heterocycles. The van der Waals surface area contributed by atoms with Gasteiger partial charge in [0.25, 0.3) is 0 Å². The zero-order chi connectivity index (χ0) is 21.1. The fourth-order valence-electron chi connectivity index (χ4n) is 6.50. The van der Waals surface area contributed by atoms with Crippen LogP contribution in [0, 0.1) is 17.8 Å². The normalized spacial score (nSPS) is 29.1. The van der Waals surface area contributed by atoms with Crippen molar-refractivity contribution in [2.45, 2.75) is 75.4 Å². The van der Waals surface area contributed by atoms with Gasteiger partial charge in [-0.3, -0.25) is 0 Å². The maximum absolute atomic E-state index is 3.06. The first kappa shape index (κ1) is 25.1. The molecule has 3 rings (SSSR count). The van der Waals surface area contributed by atoms with Crippen molar-refractivity contribution in [1.29, 1.82) is 0 Å². The van der Waals surface area contributed by atoms with Crippen molar-refractivity contribution in [3.63, 3.8) is 0 Å². The van der Waals surface area contributed by atoms with Gasteiger partial charge in [0.1, 0.15) is 0 Å². The van der Waals surface area contributed by atoms with Gasteiger partial charge in [0, 0.05) is 0 Å². The molecule has 0 aromatic rings. The van der Waals surface area contributed by atoms with Gasteiger partial charge in [0.15, 0.2) is 0 Å². The van der Waals surface area contributed by atoms with Gasteiger partial charge in [-0.1, -0.05) is 0 Å². The molecule has 3 heteroatoms. The van der Waals surface area contributed by atoms with Crippen LogP contribution in [-0.4, -0.2) is 5.43 Å². The van der Waals surface area contributed by atoms with E-state index in [2.05, 4.69) is 93.6 Å². The smallest absolute Gasteiger partial charge is 0.147 e. The van der Waals surface area contributed by atoms with Crippen LogP contribution in [0.25, 0.3) is 0 Å². The molecule has 0 spiro atoms. The average Bonchev–Trinajstić information content (AvgIpc) is 3.10. The third-order valence-corrected chi connectivity index (χ3v) is 37.3. The summed E-state index contributed by atoms with van der Waals surface area (Å²) in [5, 5.41) is 0. The summed E-state index contributed by atoms with van der Waals surface area (Å²) in [6.45, 7) is 27.1. The fourth-order valence-corrected chi connectivity index (χ4v) is 40.8. The van der Waals surface area contributed by atoms with Gasteiger partial charge in [0.2, 0.25) is 0 Å². The minimum absolute atomic E-state index is 0. The quantitative estimate of drug-likeness (QED) is 0.337. The maximum Gasteiger partial charge on any atom is -0.147 e. The zero-order valence-electron chi connectivity index (χ0n) is 20.4. The Labute approximate surface area is 190 Å². The van der Waals surface area contributed by atoms with E-state index in [0.717, 1.165) is 0 Å². The third-order valence-electron chi connectivity index (χ3n) is 7.85. The summed E-state index contributed by atoms with van der Waals surface area (Å²) >= 11 is -3.06. The Balaban J connectivity index is 0.00000300. The average molecular weight is 507 g/mol. The summed E-state index contributed by atoms with van der Waals surface area (Å²) in [5.74, 6) is 1.84. The first-order valence-electron chi connectivity index (χ1n) is 11.0. The molecule has 159 valence electrons. The Bertz CT molecular complexity index is 940. The van der Waals surface area contributed by atoms with Crippen LogP contribution < -0.4 is 0 Å². The second kappa shape index (κ2) is 8.76. The van der Waals surface area contributed by atoms with E-state index in [0.29, 0.717) is 17.8 Å². The van der Waals surface area contributed by atoms with Crippen molar-refractivity contribution in [3.05, 3.63) is 61.5 Å². The molecule has 0 radical (unpaired) electrons. The van der Waals surface area contributed by atoms with Gasteiger partial charge in [-0.15, -0.1) is 12.4 Å². The van der Waals surface area contributed by atoms with Crippen LogP contribution in [0.4, 0.5) is 0 Å². The monoisotopic (exact) mass is 505 g/mol. The Morgan fingerprint density at radius 3 is 1.38 bits per heavy atom. The molecule has 0 heterocycles. The molecule has 3 unspecified atom stereocenters. The Morgan fingerprint density at radius 1 is 0.724 bits per heavy atom. The van der Waals surface area contributed by atoms with Crippen LogP contribution in [0.5, 0.6) is 0 Å². The summed E-state index contributed by atoms with van der Waals surface area (Å²) in [4.78, 5) is 0. The van der Waals surface area contributed by atoms with Gasteiger partial charge < -0.3 is 0 Å². The summed E-state index contributed by atoms with van der Waals surface area (Å²) in [6, 6.07) is 0. The number of hydrogen-bond donors (Lipinski definition) is 0. The van der Waals surface area contributed by atoms with E-state index in [-0.39, 0.29) is 12.4 Å². The molecule has 0 fully saturated rings. The second-order valence-electron chi connectivity index (χ2n) is 9.81. The second-order valence-corrected chi connectivity index (χ2v) is 31.3. The standard InChI is InChI=1S/3C8H11.C2H6Si.ClH.Zr/c3*1-6-4-7(2)8(3)5-6;1-3-2;;/h4,8H,1-3H3;2*4,6H,1-3H3;1-2H3;1H;. The summed E-state index contributed by atoms with van der Waals surface area (Å²) in [6.07, 6.45) is 7.64. The molecule has 0 aromatic heterocycles. The van der Waals surface area contributed by atoms with E-state index in [1.165, 1.54) is 11.1 Å². The maximum atomic E-state index is 2.66. The van der Waals surface area contributed by atoms with Crippen LogP contribution >= 0.6 is 12.4 Å². The zero-order valence-corrected chi connectivity index (χ0v) is 24.6. The van der Waals surface area contributed by atoms with Gasteiger partial charge in [-0.05, 0) is 0 Å². The van der Waals surface area contributed by atoms with Crippen LogP contribution in [-0.2, 0) is 18.9 Å². The van der Waals surface area contributed by atoms with Crippen molar-refractivity contribution in [2.75, 3.05) is 0 Å². The minimum Gasteiger partial charge on any atom is -0.147 e. The minimum atomic E-state index is -3.06. The van der Waals surface area contributed by atoms with Crippen molar-refractivity contribution < 1.29 is 18.9 Å². The molecule has 29 heavy (non-hydrogen) atoms. The van der Waals surface area contributed by atoms with Crippen molar-refractivity contribution in [1.82, 2.24) is 0 Å². The fraction of sp³-hybridized carbons (Fsp3) is 0.538. The molecule has 0 amide bonds. The van der Waals surface area contributed by atoms with E-state index in [4.69, 9.17) is 0 Å². The van der Waals surface area contributed by atoms with Gasteiger partial charge in [0.05, 0.1) is 0 Å². The molecule has 0 aromatic carbocycles. The van der Waals surface area contributed by atoms with Crippen LogP contribution in [0.2, 0.25) is 13.1 Å². The number of hydrogen-bond acceptors (Lipinski definition) is 0. The molecule has 3 aliphatic rings. The van der Waals surface area contributed by atoms with Gasteiger partial charge in [-0.2, -0.15) is 0 Å². The molecule has 0 bridgehead atoms. The summed E-state index contributed by atoms with van der Waals surface area (Å²) < 4.78 is 5.75. The number of halogens is 1. The Kier molecular flexibility index (Phi) is 7.58. The Hall–Kier alpha value is -0.170.